The summed E-state index contributed by atoms with van der Waals surface area (Å²) in [5.74, 6) is 0.344. The van der Waals surface area contributed by atoms with Crippen molar-refractivity contribution in [1.29, 1.82) is 0 Å². The van der Waals surface area contributed by atoms with Crippen LogP contribution in [0.2, 0.25) is 0 Å². The van der Waals surface area contributed by atoms with E-state index in [4.69, 9.17) is 4.74 Å². The number of rotatable bonds is 3. The number of nitrogens with one attached hydrogen (secondary N) is 1. The third-order valence-corrected chi connectivity index (χ3v) is 3.76. The molecule has 0 amide bonds. The first kappa shape index (κ1) is 15.7. The van der Waals surface area contributed by atoms with E-state index in [0.29, 0.717) is 12.4 Å². The van der Waals surface area contributed by atoms with E-state index in [0.717, 1.165) is 24.5 Å². The molecule has 2 unspecified atom stereocenters. The minimum Gasteiger partial charge on any atom is -0.373 e. The van der Waals surface area contributed by atoms with Crippen molar-refractivity contribution in [3.8, 4) is 0 Å². The maximum Gasteiger partial charge on any atom is 0.435 e. The van der Waals surface area contributed by atoms with Crippen LogP contribution >= 0.6 is 0 Å². The van der Waals surface area contributed by atoms with Gasteiger partial charge in [0.25, 0.3) is 0 Å². The normalized spacial score (nSPS) is 21.9. The van der Waals surface area contributed by atoms with Gasteiger partial charge in [0.1, 0.15) is 5.82 Å². The van der Waals surface area contributed by atoms with Crippen molar-refractivity contribution in [2.45, 2.75) is 31.2 Å². The molecule has 122 valence electrons. The molecule has 1 saturated heterocycles. The van der Waals surface area contributed by atoms with Crippen molar-refractivity contribution in [3.63, 3.8) is 0 Å². The van der Waals surface area contributed by atoms with Gasteiger partial charge in [0.15, 0.2) is 5.69 Å². The van der Waals surface area contributed by atoms with Gasteiger partial charge in [0.2, 0.25) is 0 Å². The maximum absolute atomic E-state index is 12.5. The van der Waals surface area contributed by atoms with E-state index in [-0.39, 0.29) is 12.1 Å². The largest absolute Gasteiger partial charge is 0.435 e. The van der Waals surface area contributed by atoms with E-state index in [1.165, 1.54) is 6.07 Å². The zero-order valence-electron chi connectivity index (χ0n) is 12.3. The lowest BCUT2D eigenvalue weighted by atomic mass is 9.97. The summed E-state index contributed by atoms with van der Waals surface area (Å²) in [6, 6.07) is 12.2. The van der Waals surface area contributed by atoms with E-state index in [9.17, 15) is 13.2 Å². The van der Waals surface area contributed by atoms with Crippen molar-refractivity contribution < 1.29 is 17.9 Å². The summed E-state index contributed by atoms with van der Waals surface area (Å²) in [5, 5.41) is 9.98. The zero-order valence-corrected chi connectivity index (χ0v) is 12.3. The molecule has 0 radical (unpaired) electrons. The van der Waals surface area contributed by atoms with Gasteiger partial charge in [-0.3, -0.25) is 0 Å². The van der Waals surface area contributed by atoms with Crippen molar-refractivity contribution in [3.05, 3.63) is 53.7 Å². The second-order valence-electron chi connectivity index (χ2n) is 5.44. The molecule has 23 heavy (non-hydrogen) atoms. The molecule has 0 spiro atoms. The molecule has 0 saturated carbocycles. The Morgan fingerprint density at radius 2 is 1.83 bits per heavy atom. The molecule has 1 N–H and O–H groups in total. The number of alkyl halides is 3. The second kappa shape index (κ2) is 6.54. The van der Waals surface area contributed by atoms with Crippen LogP contribution in [0.1, 0.15) is 30.2 Å². The highest BCUT2D eigenvalue weighted by Crippen LogP contribution is 2.30. The van der Waals surface area contributed by atoms with Crippen LogP contribution in [-0.4, -0.2) is 22.8 Å². The van der Waals surface area contributed by atoms with Crippen LogP contribution in [0.5, 0.6) is 0 Å². The standard InChI is InChI=1S/C16H16F3N3O/c17-16(18,19)14-6-7-15(22-21-14)20-12-8-9-23-13(10-12)11-4-2-1-3-5-11/h1-7,12-13H,8-10H2,(H,20,22). The highest BCUT2D eigenvalue weighted by Gasteiger charge is 2.33. The van der Waals surface area contributed by atoms with E-state index in [1.54, 1.807) is 0 Å². The zero-order chi connectivity index (χ0) is 16.3. The lowest BCUT2D eigenvalue weighted by Crippen LogP contribution is -2.30. The number of anilines is 1. The molecule has 3 rings (SSSR count). The molecule has 1 aromatic carbocycles. The molecule has 7 heteroatoms. The third kappa shape index (κ3) is 3.98. The van der Waals surface area contributed by atoms with Gasteiger partial charge in [-0.15, -0.1) is 10.2 Å². The number of halogens is 3. The average Bonchev–Trinajstić information content (AvgIpc) is 2.56. The van der Waals surface area contributed by atoms with Gasteiger partial charge < -0.3 is 10.1 Å². The summed E-state index contributed by atoms with van der Waals surface area (Å²) < 4.78 is 43.2. The Morgan fingerprint density at radius 1 is 1.04 bits per heavy atom. The Kier molecular flexibility index (Phi) is 4.47. The lowest BCUT2D eigenvalue weighted by molar-refractivity contribution is -0.141. The van der Waals surface area contributed by atoms with Crippen LogP contribution in [-0.2, 0) is 10.9 Å². The molecule has 1 aromatic heterocycles. The Labute approximate surface area is 131 Å². The first-order chi connectivity index (χ1) is 11.0. The molecular formula is C16H16F3N3O. The molecule has 0 bridgehead atoms. The summed E-state index contributed by atoms with van der Waals surface area (Å²) in [6.45, 7) is 0.589. The van der Waals surface area contributed by atoms with Crippen molar-refractivity contribution in [2.75, 3.05) is 11.9 Å². The summed E-state index contributed by atoms with van der Waals surface area (Å²) in [5.41, 5.74) is 0.106. The van der Waals surface area contributed by atoms with Gasteiger partial charge in [-0.2, -0.15) is 13.2 Å². The Balaban J connectivity index is 1.64. The number of hydrogen-bond acceptors (Lipinski definition) is 4. The molecule has 1 fully saturated rings. The van der Waals surface area contributed by atoms with Crippen LogP contribution in [0, 0.1) is 0 Å². The molecule has 2 atom stereocenters. The van der Waals surface area contributed by atoms with Crippen LogP contribution < -0.4 is 5.32 Å². The van der Waals surface area contributed by atoms with Crippen LogP contribution in [0.25, 0.3) is 0 Å². The minimum absolute atomic E-state index is 0.0233. The van der Waals surface area contributed by atoms with Crippen LogP contribution in [0.4, 0.5) is 19.0 Å². The molecule has 2 aromatic rings. The van der Waals surface area contributed by atoms with Crippen LogP contribution in [0.3, 0.4) is 0 Å². The molecule has 4 nitrogen and oxygen atoms in total. The number of benzene rings is 1. The molecular weight excluding hydrogens is 307 g/mol. The van der Waals surface area contributed by atoms with Crippen LogP contribution in [0.15, 0.2) is 42.5 Å². The molecule has 1 aliphatic rings. The van der Waals surface area contributed by atoms with Gasteiger partial charge >= 0.3 is 6.18 Å². The SMILES string of the molecule is FC(F)(F)c1ccc(NC2CCOC(c3ccccc3)C2)nn1. The maximum atomic E-state index is 12.5. The lowest BCUT2D eigenvalue weighted by Gasteiger charge is -2.30. The smallest absolute Gasteiger partial charge is 0.373 e. The summed E-state index contributed by atoms with van der Waals surface area (Å²) in [4.78, 5) is 0. The predicted octanol–water partition coefficient (Wildman–Crippen LogP) is 3.83. The Morgan fingerprint density at radius 3 is 2.48 bits per heavy atom. The number of ether oxygens (including phenoxy) is 1. The minimum atomic E-state index is -4.47. The number of aromatic nitrogens is 2. The molecule has 1 aliphatic heterocycles. The monoisotopic (exact) mass is 323 g/mol. The quantitative estimate of drug-likeness (QED) is 0.932. The molecule has 2 heterocycles. The third-order valence-electron chi connectivity index (χ3n) is 3.76. The van der Waals surface area contributed by atoms with Gasteiger partial charge in [0.05, 0.1) is 6.10 Å². The summed E-state index contributed by atoms with van der Waals surface area (Å²) in [7, 11) is 0. The van der Waals surface area contributed by atoms with Gasteiger partial charge in [-0.05, 0) is 30.5 Å². The van der Waals surface area contributed by atoms with Gasteiger partial charge in [-0.1, -0.05) is 30.3 Å². The van der Waals surface area contributed by atoms with Gasteiger partial charge in [-0.25, -0.2) is 0 Å². The Hall–Kier alpha value is -2.15. The van der Waals surface area contributed by atoms with Crippen molar-refractivity contribution in [2.24, 2.45) is 0 Å². The number of nitrogens with zero attached hydrogens (tertiary/aromatic N) is 2. The summed E-state index contributed by atoms with van der Waals surface area (Å²) >= 11 is 0. The fraction of sp³-hybridized carbons (Fsp3) is 0.375. The van der Waals surface area contributed by atoms with Gasteiger partial charge in [0, 0.05) is 12.6 Å². The van der Waals surface area contributed by atoms with E-state index in [2.05, 4.69) is 15.5 Å². The highest BCUT2D eigenvalue weighted by atomic mass is 19.4. The molecule has 0 aliphatic carbocycles. The first-order valence-electron chi connectivity index (χ1n) is 7.36. The van der Waals surface area contributed by atoms with Crippen molar-refractivity contribution >= 4 is 5.82 Å². The van der Waals surface area contributed by atoms with E-state index in [1.807, 2.05) is 30.3 Å². The first-order valence-corrected chi connectivity index (χ1v) is 7.36. The predicted molar refractivity (Wildman–Crippen MR) is 78.8 cm³/mol. The van der Waals surface area contributed by atoms with Crippen molar-refractivity contribution in [1.82, 2.24) is 10.2 Å². The average molecular weight is 323 g/mol. The van der Waals surface area contributed by atoms with E-state index >= 15 is 0 Å². The van der Waals surface area contributed by atoms with E-state index < -0.39 is 11.9 Å². The fourth-order valence-electron chi connectivity index (χ4n) is 2.60. The Bertz CT molecular complexity index is 631. The topological polar surface area (TPSA) is 47.0 Å². The second-order valence-corrected chi connectivity index (χ2v) is 5.44. The highest BCUT2D eigenvalue weighted by molar-refractivity contribution is 5.35. The fourth-order valence-corrected chi connectivity index (χ4v) is 2.60. The number of hydrogen-bond donors (Lipinski definition) is 1. The summed E-state index contributed by atoms with van der Waals surface area (Å²) in [6.07, 6.45) is -2.99.